The predicted octanol–water partition coefficient (Wildman–Crippen LogP) is 2.78. The lowest BCUT2D eigenvalue weighted by molar-refractivity contribution is -0.383. The molecule has 1 heterocycles. The number of pyridine rings is 1. The van der Waals surface area contributed by atoms with Crippen molar-refractivity contribution in [1.82, 2.24) is 4.98 Å². The van der Waals surface area contributed by atoms with Gasteiger partial charge in [-0.05, 0) is 31.5 Å². The number of nitro groups is 1. The summed E-state index contributed by atoms with van der Waals surface area (Å²) in [7, 11) is 0. The minimum Gasteiger partial charge on any atom is -0.490 e. The van der Waals surface area contributed by atoms with Gasteiger partial charge in [-0.15, -0.1) is 0 Å². The van der Waals surface area contributed by atoms with E-state index in [4.69, 9.17) is 9.84 Å². The van der Waals surface area contributed by atoms with Crippen LogP contribution >= 0.6 is 0 Å². The molecule has 0 aliphatic heterocycles. The van der Waals surface area contributed by atoms with Gasteiger partial charge in [0, 0.05) is 24.1 Å². The first-order chi connectivity index (χ1) is 9.99. The van der Waals surface area contributed by atoms with Gasteiger partial charge in [-0.3, -0.25) is 14.9 Å². The second-order valence-electron chi connectivity index (χ2n) is 4.60. The number of fused-ring (bicyclic) bond motifs is 1. The number of carboxylic acids is 1. The van der Waals surface area contributed by atoms with Crippen molar-refractivity contribution in [2.24, 2.45) is 0 Å². The summed E-state index contributed by atoms with van der Waals surface area (Å²) in [5, 5.41) is 20.2. The Morgan fingerprint density at radius 2 is 2.24 bits per heavy atom. The number of benzene rings is 1. The first-order valence-electron chi connectivity index (χ1n) is 6.39. The third-order valence-electron chi connectivity index (χ3n) is 3.00. The highest BCUT2D eigenvalue weighted by molar-refractivity contribution is 5.92. The van der Waals surface area contributed by atoms with Gasteiger partial charge in [0.1, 0.15) is 5.75 Å². The zero-order chi connectivity index (χ0) is 15.4. The van der Waals surface area contributed by atoms with Crippen LogP contribution in [0, 0.1) is 10.1 Å². The van der Waals surface area contributed by atoms with Gasteiger partial charge in [-0.25, -0.2) is 4.98 Å². The van der Waals surface area contributed by atoms with E-state index in [0.717, 1.165) is 0 Å². The molecule has 1 aromatic heterocycles. The maximum Gasteiger partial charge on any atom is 0.303 e. The fourth-order valence-corrected chi connectivity index (χ4v) is 1.98. The molecule has 1 N–H and O–H groups in total. The topological polar surface area (TPSA) is 103 Å². The number of carbonyl (C=O) groups is 1. The minimum absolute atomic E-state index is 0.00430. The van der Waals surface area contributed by atoms with Crippen LogP contribution in [0.3, 0.4) is 0 Å². The lowest BCUT2D eigenvalue weighted by Gasteiger charge is -2.15. The maximum absolute atomic E-state index is 11.0. The van der Waals surface area contributed by atoms with Crippen molar-refractivity contribution in [3.8, 4) is 5.75 Å². The van der Waals surface area contributed by atoms with Gasteiger partial charge in [0.15, 0.2) is 5.52 Å². The molecule has 1 aromatic carbocycles. The monoisotopic (exact) mass is 290 g/mol. The minimum atomic E-state index is -0.888. The highest BCUT2D eigenvalue weighted by Gasteiger charge is 2.17. The fraction of sp³-hybridized carbons (Fsp3) is 0.286. The van der Waals surface area contributed by atoms with Gasteiger partial charge < -0.3 is 9.84 Å². The van der Waals surface area contributed by atoms with Crippen LogP contribution < -0.4 is 4.74 Å². The average Bonchev–Trinajstić information content (AvgIpc) is 2.45. The van der Waals surface area contributed by atoms with Gasteiger partial charge in [0.25, 0.3) is 5.69 Å². The lowest BCUT2D eigenvalue weighted by atomic mass is 10.1. The molecule has 0 aliphatic carbocycles. The van der Waals surface area contributed by atoms with Crippen LogP contribution in [-0.2, 0) is 4.79 Å². The fourth-order valence-electron chi connectivity index (χ4n) is 1.98. The number of rotatable bonds is 6. The smallest absolute Gasteiger partial charge is 0.303 e. The van der Waals surface area contributed by atoms with Crippen LogP contribution in [0.4, 0.5) is 5.69 Å². The van der Waals surface area contributed by atoms with Gasteiger partial charge in [0.2, 0.25) is 0 Å². The second kappa shape index (κ2) is 6.17. The van der Waals surface area contributed by atoms with Gasteiger partial charge in [-0.1, -0.05) is 0 Å². The summed E-state index contributed by atoms with van der Waals surface area (Å²) in [6.07, 6.45) is 1.52. The molecule has 7 nitrogen and oxygen atoms in total. The van der Waals surface area contributed by atoms with E-state index in [0.29, 0.717) is 17.6 Å². The molecule has 2 aromatic rings. The third kappa shape index (κ3) is 3.44. The first kappa shape index (κ1) is 14.7. The van der Waals surface area contributed by atoms with Gasteiger partial charge in [0.05, 0.1) is 11.0 Å². The standard InChI is InChI=1S/C14H14N2O5/c1-9(4-7-13(17)18)21-12-6-5-11(16(19)20)14-10(12)3-2-8-15-14/h2-3,5-6,8-9H,4,7H2,1H3,(H,17,18). The van der Waals surface area contributed by atoms with Crippen LogP contribution in [0.5, 0.6) is 5.75 Å². The molecular weight excluding hydrogens is 276 g/mol. The zero-order valence-electron chi connectivity index (χ0n) is 11.4. The van der Waals surface area contributed by atoms with Crippen molar-refractivity contribution < 1.29 is 19.6 Å². The van der Waals surface area contributed by atoms with E-state index in [9.17, 15) is 14.9 Å². The van der Waals surface area contributed by atoms with Crippen molar-refractivity contribution in [1.29, 1.82) is 0 Å². The van der Waals surface area contributed by atoms with E-state index < -0.39 is 10.9 Å². The number of carboxylic acid groups (broad SMARTS) is 1. The number of aromatic nitrogens is 1. The summed E-state index contributed by atoms with van der Waals surface area (Å²) in [5.41, 5.74) is 0.168. The van der Waals surface area contributed by atoms with Crippen molar-refractivity contribution >= 4 is 22.6 Å². The van der Waals surface area contributed by atoms with Crippen LogP contribution in [-0.4, -0.2) is 27.1 Å². The van der Waals surface area contributed by atoms with Crippen LogP contribution in [0.1, 0.15) is 19.8 Å². The number of nitro benzene ring substituents is 1. The summed E-state index contributed by atoms with van der Waals surface area (Å²) >= 11 is 0. The highest BCUT2D eigenvalue weighted by atomic mass is 16.6. The maximum atomic E-state index is 11.0. The zero-order valence-corrected chi connectivity index (χ0v) is 11.4. The Balaban J connectivity index is 2.31. The number of hydrogen-bond acceptors (Lipinski definition) is 5. The second-order valence-corrected chi connectivity index (χ2v) is 4.60. The first-order valence-corrected chi connectivity index (χ1v) is 6.39. The molecule has 21 heavy (non-hydrogen) atoms. The summed E-state index contributed by atoms with van der Waals surface area (Å²) in [6, 6.07) is 6.21. The van der Waals surface area contributed by atoms with E-state index in [1.807, 2.05) is 0 Å². The molecule has 0 bridgehead atoms. The van der Waals surface area contributed by atoms with Crippen molar-refractivity contribution in [2.45, 2.75) is 25.9 Å². The van der Waals surface area contributed by atoms with Crippen molar-refractivity contribution in [2.75, 3.05) is 0 Å². The highest BCUT2D eigenvalue weighted by Crippen LogP contribution is 2.32. The Morgan fingerprint density at radius 1 is 1.48 bits per heavy atom. The Labute approximate surface area is 120 Å². The number of ether oxygens (including phenoxy) is 1. The predicted molar refractivity (Wildman–Crippen MR) is 75.4 cm³/mol. The van der Waals surface area contributed by atoms with E-state index in [1.165, 1.54) is 18.3 Å². The van der Waals surface area contributed by atoms with Gasteiger partial charge in [-0.2, -0.15) is 0 Å². The summed E-state index contributed by atoms with van der Waals surface area (Å²) in [6.45, 7) is 1.76. The Hall–Kier alpha value is -2.70. The van der Waals surface area contributed by atoms with Gasteiger partial charge >= 0.3 is 5.97 Å². The largest absolute Gasteiger partial charge is 0.490 e. The van der Waals surface area contributed by atoms with Crippen molar-refractivity contribution in [3.05, 3.63) is 40.6 Å². The normalized spacial score (nSPS) is 12.0. The van der Waals surface area contributed by atoms with Crippen LogP contribution in [0.15, 0.2) is 30.5 Å². The van der Waals surface area contributed by atoms with Crippen LogP contribution in [0.25, 0.3) is 10.9 Å². The molecule has 0 radical (unpaired) electrons. The molecule has 7 heteroatoms. The quantitative estimate of drug-likeness (QED) is 0.648. The lowest BCUT2D eigenvalue weighted by Crippen LogP contribution is -2.14. The molecule has 110 valence electrons. The molecule has 0 amide bonds. The number of non-ortho nitro benzene ring substituents is 1. The average molecular weight is 290 g/mol. The summed E-state index contributed by atoms with van der Waals surface area (Å²) < 4.78 is 5.69. The Kier molecular flexibility index (Phi) is 4.32. The van der Waals surface area contributed by atoms with E-state index in [1.54, 1.807) is 19.1 Å². The number of hydrogen-bond donors (Lipinski definition) is 1. The number of aliphatic carboxylic acids is 1. The molecule has 1 atom stereocenters. The third-order valence-corrected chi connectivity index (χ3v) is 3.00. The van der Waals surface area contributed by atoms with E-state index >= 15 is 0 Å². The molecule has 2 rings (SSSR count). The Bertz CT molecular complexity index is 686. The van der Waals surface area contributed by atoms with Crippen LogP contribution in [0.2, 0.25) is 0 Å². The summed E-state index contributed by atoms with van der Waals surface area (Å²) in [4.78, 5) is 25.1. The number of nitrogens with zero attached hydrogens (tertiary/aromatic N) is 2. The van der Waals surface area contributed by atoms with E-state index in [-0.39, 0.29) is 23.7 Å². The Morgan fingerprint density at radius 3 is 2.90 bits per heavy atom. The molecule has 0 aliphatic rings. The van der Waals surface area contributed by atoms with Crippen molar-refractivity contribution in [3.63, 3.8) is 0 Å². The molecular formula is C14H14N2O5. The molecule has 1 unspecified atom stereocenters. The SMILES string of the molecule is CC(CCC(=O)O)Oc1ccc([N+](=O)[O-])c2ncccc12. The molecule has 0 fully saturated rings. The summed E-state index contributed by atoms with van der Waals surface area (Å²) in [5.74, 6) is -0.428. The molecule has 0 saturated carbocycles. The molecule has 0 spiro atoms. The van der Waals surface area contributed by atoms with E-state index in [2.05, 4.69) is 4.98 Å². The molecule has 0 saturated heterocycles.